The molecule has 1 aromatic rings. The van der Waals surface area contributed by atoms with E-state index in [-0.39, 0.29) is 0 Å². The van der Waals surface area contributed by atoms with Crippen LogP contribution in [-0.2, 0) is 0 Å². The molecular weight excluding hydrogens is 190 g/mol. The first-order valence-corrected chi connectivity index (χ1v) is 6.59. The Morgan fingerprint density at radius 1 is 1.36 bits per heavy atom. The Morgan fingerprint density at radius 3 is 2.86 bits per heavy atom. The second-order valence-corrected chi connectivity index (χ2v) is 4.63. The van der Waals surface area contributed by atoms with Crippen LogP contribution in [0.1, 0.15) is 24.4 Å². The largest absolute Gasteiger partial charge is 0.287 e. The van der Waals surface area contributed by atoms with E-state index in [0.29, 0.717) is 6.04 Å². The summed E-state index contributed by atoms with van der Waals surface area (Å²) in [5.41, 5.74) is 1.49. The third-order valence-corrected chi connectivity index (χ3v) is 3.43. The van der Waals surface area contributed by atoms with Crippen molar-refractivity contribution in [2.75, 3.05) is 18.7 Å². The van der Waals surface area contributed by atoms with E-state index in [2.05, 4.69) is 41.5 Å². The van der Waals surface area contributed by atoms with Crippen molar-refractivity contribution in [3.05, 3.63) is 35.9 Å². The van der Waals surface area contributed by atoms with Crippen molar-refractivity contribution in [1.29, 1.82) is 0 Å². The highest BCUT2D eigenvalue weighted by atomic mass is 32.2. The molecule has 1 atom stereocenters. The number of likely N-dealkylation sites (tertiary alicyclic amines) is 1. The zero-order valence-electron chi connectivity index (χ0n) is 8.65. The highest BCUT2D eigenvalue weighted by Crippen LogP contribution is 2.32. The summed E-state index contributed by atoms with van der Waals surface area (Å²) in [5.74, 6) is 1.17. The molecule has 76 valence electrons. The van der Waals surface area contributed by atoms with E-state index in [9.17, 15) is 0 Å². The summed E-state index contributed by atoms with van der Waals surface area (Å²) in [6, 6.07) is 11.6. The lowest BCUT2D eigenvalue weighted by Crippen LogP contribution is -2.22. The molecule has 0 amide bonds. The van der Waals surface area contributed by atoms with Crippen LogP contribution >= 0.6 is 11.8 Å². The summed E-state index contributed by atoms with van der Waals surface area (Å²) in [7, 11) is 0. The Balaban J connectivity index is 2.10. The third-order valence-electron chi connectivity index (χ3n) is 2.84. The second kappa shape index (κ2) is 4.85. The van der Waals surface area contributed by atoms with Crippen LogP contribution in [-0.4, -0.2) is 23.6 Å². The number of hydrogen-bond donors (Lipinski definition) is 0. The molecule has 0 spiro atoms. The number of rotatable bonds is 3. The standard InChI is InChI=1S/C12H17NS/c1-14-10-13-9-5-8-12(13)11-6-3-2-4-7-11/h2-4,6-7,12H,5,8-10H2,1H3/t12-/m1/s1. The molecule has 0 aromatic heterocycles. The van der Waals surface area contributed by atoms with Gasteiger partial charge >= 0.3 is 0 Å². The molecule has 2 rings (SSSR count). The van der Waals surface area contributed by atoms with E-state index >= 15 is 0 Å². The van der Waals surface area contributed by atoms with Crippen LogP contribution in [0.15, 0.2) is 30.3 Å². The first kappa shape index (κ1) is 10.1. The van der Waals surface area contributed by atoms with Gasteiger partial charge in [-0.25, -0.2) is 0 Å². The highest BCUT2D eigenvalue weighted by Gasteiger charge is 2.24. The fourth-order valence-corrected chi connectivity index (χ4v) is 2.84. The minimum absolute atomic E-state index is 0.670. The molecule has 1 fully saturated rings. The average molecular weight is 207 g/mol. The number of thioether (sulfide) groups is 1. The fourth-order valence-electron chi connectivity index (χ4n) is 2.20. The van der Waals surface area contributed by atoms with Gasteiger partial charge in [0, 0.05) is 11.9 Å². The van der Waals surface area contributed by atoms with E-state index in [4.69, 9.17) is 0 Å². The van der Waals surface area contributed by atoms with Gasteiger partial charge in [0.25, 0.3) is 0 Å². The van der Waals surface area contributed by atoms with Crippen LogP contribution in [0.2, 0.25) is 0 Å². The predicted octanol–water partition coefficient (Wildman–Crippen LogP) is 3.14. The normalized spacial score (nSPS) is 22.8. The highest BCUT2D eigenvalue weighted by molar-refractivity contribution is 7.98. The van der Waals surface area contributed by atoms with Gasteiger partial charge in [-0.15, -0.1) is 11.8 Å². The summed E-state index contributed by atoms with van der Waals surface area (Å²) < 4.78 is 0. The lowest BCUT2D eigenvalue weighted by Gasteiger charge is -2.23. The van der Waals surface area contributed by atoms with Crippen LogP contribution in [0.25, 0.3) is 0 Å². The predicted molar refractivity (Wildman–Crippen MR) is 63.5 cm³/mol. The maximum absolute atomic E-state index is 2.58. The van der Waals surface area contributed by atoms with Crippen molar-refractivity contribution >= 4 is 11.8 Å². The maximum atomic E-state index is 2.58. The van der Waals surface area contributed by atoms with Gasteiger partial charge in [0.05, 0.1) is 0 Å². The van der Waals surface area contributed by atoms with Crippen molar-refractivity contribution in [2.24, 2.45) is 0 Å². The maximum Gasteiger partial charge on any atom is 0.0447 e. The van der Waals surface area contributed by atoms with E-state index in [0.717, 1.165) is 0 Å². The van der Waals surface area contributed by atoms with Crippen molar-refractivity contribution in [1.82, 2.24) is 4.90 Å². The van der Waals surface area contributed by atoms with Crippen LogP contribution in [0.4, 0.5) is 0 Å². The Kier molecular flexibility index (Phi) is 3.49. The Bertz CT molecular complexity index is 273. The van der Waals surface area contributed by atoms with Crippen LogP contribution in [0, 0.1) is 0 Å². The smallest absolute Gasteiger partial charge is 0.0447 e. The first-order chi connectivity index (χ1) is 6.92. The fraction of sp³-hybridized carbons (Fsp3) is 0.500. The minimum atomic E-state index is 0.670. The molecular formula is C12H17NS. The average Bonchev–Trinajstić information content (AvgIpc) is 2.68. The molecule has 14 heavy (non-hydrogen) atoms. The van der Waals surface area contributed by atoms with E-state index in [1.54, 1.807) is 0 Å². The van der Waals surface area contributed by atoms with E-state index in [1.807, 2.05) is 11.8 Å². The number of hydrogen-bond acceptors (Lipinski definition) is 2. The second-order valence-electron chi connectivity index (χ2n) is 3.80. The summed E-state index contributed by atoms with van der Waals surface area (Å²) in [6.07, 6.45) is 4.85. The summed E-state index contributed by atoms with van der Waals surface area (Å²) in [4.78, 5) is 2.58. The van der Waals surface area contributed by atoms with Gasteiger partial charge in [0.15, 0.2) is 0 Å². The molecule has 1 aliphatic rings. The van der Waals surface area contributed by atoms with Crippen molar-refractivity contribution < 1.29 is 0 Å². The van der Waals surface area contributed by atoms with Crippen molar-refractivity contribution in [3.63, 3.8) is 0 Å². The van der Waals surface area contributed by atoms with E-state index in [1.165, 1.54) is 30.8 Å². The van der Waals surface area contributed by atoms with Crippen molar-refractivity contribution in [3.8, 4) is 0 Å². The van der Waals surface area contributed by atoms with E-state index < -0.39 is 0 Å². The van der Waals surface area contributed by atoms with Gasteiger partial charge < -0.3 is 0 Å². The molecule has 1 aromatic carbocycles. The minimum Gasteiger partial charge on any atom is -0.287 e. The molecule has 0 saturated carbocycles. The molecule has 0 aliphatic carbocycles. The lowest BCUT2D eigenvalue weighted by atomic mass is 10.1. The van der Waals surface area contributed by atoms with Crippen molar-refractivity contribution in [2.45, 2.75) is 18.9 Å². The molecule has 2 heteroatoms. The number of nitrogens with zero attached hydrogens (tertiary/aromatic N) is 1. The summed E-state index contributed by atoms with van der Waals surface area (Å²) >= 11 is 1.92. The van der Waals surface area contributed by atoms with Gasteiger partial charge in [0.2, 0.25) is 0 Å². The summed E-state index contributed by atoms with van der Waals surface area (Å²) in [5, 5.41) is 0. The van der Waals surface area contributed by atoms with Crippen LogP contribution in [0.3, 0.4) is 0 Å². The molecule has 1 nitrogen and oxygen atoms in total. The van der Waals surface area contributed by atoms with Crippen LogP contribution in [0.5, 0.6) is 0 Å². The molecule has 0 bridgehead atoms. The van der Waals surface area contributed by atoms with Gasteiger partial charge in [-0.05, 0) is 31.2 Å². The first-order valence-electron chi connectivity index (χ1n) is 5.20. The molecule has 1 heterocycles. The Hall–Kier alpha value is -0.470. The molecule has 1 aliphatic heterocycles. The van der Waals surface area contributed by atoms with Gasteiger partial charge in [0.1, 0.15) is 0 Å². The van der Waals surface area contributed by atoms with Gasteiger partial charge in [-0.2, -0.15) is 0 Å². The quantitative estimate of drug-likeness (QED) is 0.749. The SMILES string of the molecule is CSCN1CCC[C@@H]1c1ccccc1. The van der Waals surface area contributed by atoms with Gasteiger partial charge in [-0.3, -0.25) is 4.90 Å². The monoisotopic (exact) mass is 207 g/mol. The topological polar surface area (TPSA) is 3.24 Å². The Labute approximate surface area is 90.5 Å². The lowest BCUT2D eigenvalue weighted by molar-refractivity contribution is 0.304. The molecule has 0 radical (unpaired) electrons. The van der Waals surface area contributed by atoms with Gasteiger partial charge in [-0.1, -0.05) is 30.3 Å². The number of benzene rings is 1. The Morgan fingerprint density at radius 2 is 2.14 bits per heavy atom. The third kappa shape index (κ3) is 2.12. The van der Waals surface area contributed by atoms with Crippen LogP contribution < -0.4 is 0 Å². The molecule has 1 saturated heterocycles. The summed E-state index contributed by atoms with van der Waals surface area (Å²) in [6.45, 7) is 1.26. The zero-order chi connectivity index (χ0) is 9.80. The molecule has 0 N–H and O–H groups in total. The molecule has 0 unspecified atom stereocenters. The zero-order valence-corrected chi connectivity index (χ0v) is 9.46.